The van der Waals surface area contributed by atoms with E-state index in [1.807, 2.05) is 0 Å². The lowest BCUT2D eigenvalue weighted by Crippen LogP contribution is -2.31. The molecule has 0 unspecified atom stereocenters. The molecule has 0 amide bonds. The number of carbonyl (C=O) groups is 1. The second-order valence-corrected chi connectivity index (χ2v) is 3.49. The van der Waals surface area contributed by atoms with Gasteiger partial charge in [0.05, 0.1) is 0 Å². The summed E-state index contributed by atoms with van der Waals surface area (Å²) in [5, 5.41) is 0. The molecule has 0 aliphatic carbocycles. The molecule has 5 nitrogen and oxygen atoms in total. The van der Waals surface area contributed by atoms with E-state index in [2.05, 4.69) is 4.98 Å². The molecule has 0 aliphatic rings. The molecule has 6 heteroatoms. The molecule has 0 atom stereocenters. The van der Waals surface area contributed by atoms with Gasteiger partial charge in [-0.15, -0.1) is 4.73 Å². The minimum absolute atomic E-state index is 0.137. The second-order valence-electron chi connectivity index (χ2n) is 3.49. The standard InChI is InChI=1S/C12H9FN2O3/c1-8(16)18-15-11(17)6-7-14-12(15)9-2-4-10(13)5-3-9/h2-7H,1H3. The van der Waals surface area contributed by atoms with Crippen LogP contribution in [-0.2, 0) is 4.79 Å². The normalized spacial score (nSPS) is 10.1. The molecule has 18 heavy (non-hydrogen) atoms. The van der Waals surface area contributed by atoms with E-state index in [-0.39, 0.29) is 5.82 Å². The number of nitrogens with zero attached hydrogens (tertiary/aromatic N) is 2. The van der Waals surface area contributed by atoms with Gasteiger partial charge in [-0.1, -0.05) is 0 Å². The zero-order valence-electron chi connectivity index (χ0n) is 9.46. The van der Waals surface area contributed by atoms with Crippen LogP contribution in [0.25, 0.3) is 11.4 Å². The summed E-state index contributed by atoms with van der Waals surface area (Å²) in [5.41, 5.74) is -0.0603. The Morgan fingerprint density at radius 2 is 1.94 bits per heavy atom. The number of halogens is 1. The molecule has 0 spiro atoms. The van der Waals surface area contributed by atoms with Gasteiger partial charge in [0.1, 0.15) is 5.82 Å². The Labute approximate surface area is 101 Å². The van der Waals surface area contributed by atoms with Crippen molar-refractivity contribution in [3.8, 4) is 11.4 Å². The van der Waals surface area contributed by atoms with Crippen LogP contribution in [0.15, 0.2) is 41.3 Å². The van der Waals surface area contributed by atoms with Crippen molar-refractivity contribution in [1.29, 1.82) is 0 Å². The molecule has 1 aromatic carbocycles. The number of hydrogen-bond acceptors (Lipinski definition) is 4. The fourth-order valence-electron chi connectivity index (χ4n) is 1.40. The Bertz CT molecular complexity index is 635. The topological polar surface area (TPSA) is 61.2 Å². The Kier molecular flexibility index (Phi) is 3.18. The molecule has 0 N–H and O–H groups in total. The summed E-state index contributed by atoms with van der Waals surface area (Å²) in [7, 11) is 0. The summed E-state index contributed by atoms with van der Waals surface area (Å²) < 4.78 is 13.6. The van der Waals surface area contributed by atoms with Gasteiger partial charge in [0.15, 0.2) is 5.82 Å². The molecule has 2 rings (SSSR count). The van der Waals surface area contributed by atoms with Crippen LogP contribution in [0.3, 0.4) is 0 Å². The summed E-state index contributed by atoms with van der Waals surface area (Å²) >= 11 is 0. The van der Waals surface area contributed by atoms with Gasteiger partial charge in [-0.2, -0.15) is 0 Å². The van der Waals surface area contributed by atoms with Crippen molar-refractivity contribution < 1.29 is 14.0 Å². The SMILES string of the molecule is CC(=O)On1c(-c2ccc(F)cc2)nccc1=O. The Hall–Kier alpha value is -2.50. The molecule has 0 radical (unpaired) electrons. The average Bonchev–Trinajstić information content (AvgIpc) is 2.32. The molecule has 0 aliphatic heterocycles. The predicted molar refractivity (Wildman–Crippen MR) is 61.2 cm³/mol. The van der Waals surface area contributed by atoms with E-state index in [9.17, 15) is 14.0 Å². The Morgan fingerprint density at radius 3 is 2.56 bits per heavy atom. The van der Waals surface area contributed by atoms with Crippen molar-refractivity contribution >= 4 is 5.97 Å². The lowest BCUT2D eigenvalue weighted by Gasteiger charge is -2.09. The van der Waals surface area contributed by atoms with Gasteiger partial charge >= 0.3 is 5.97 Å². The fourth-order valence-corrected chi connectivity index (χ4v) is 1.40. The van der Waals surface area contributed by atoms with E-state index in [0.717, 1.165) is 10.8 Å². The van der Waals surface area contributed by atoms with E-state index in [1.54, 1.807) is 0 Å². The predicted octanol–water partition coefficient (Wildman–Crippen LogP) is 1.02. The fraction of sp³-hybridized carbons (Fsp3) is 0.0833. The monoisotopic (exact) mass is 248 g/mol. The van der Waals surface area contributed by atoms with Crippen molar-refractivity contribution in [2.24, 2.45) is 0 Å². The number of rotatable bonds is 2. The highest BCUT2D eigenvalue weighted by molar-refractivity contribution is 5.67. The first-order valence-corrected chi connectivity index (χ1v) is 5.11. The van der Waals surface area contributed by atoms with Gasteiger partial charge < -0.3 is 4.84 Å². The zero-order valence-corrected chi connectivity index (χ0v) is 9.46. The second kappa shape index (κ2) is 4.79. The first-order valence-electron chi connectivity index (χ1n) is 5.11. The van der Waals surface area contributed by atoms with Crippen LogP contribution >= 0.6 is 0 Å². The van der Waals surface area contributed by atoms with Gasteiger partial charge in [0.25, 0.3) is 5.56 Å². The minimum Gasteiger partial charge on any atom is -0.332 e. The largest absolute Gasteiger partial charge is 0.332 e. The van der Waals surface area contributed by atoms with Crippen LogP contribution < -0.4 is 10.4 Å². The van der Waals surface area contributed by atoms with Gasteiger partial charge in [-0.25, -0.2) is 14.2 Å². The van der Waals surface area contributed by atoms with E-state index in [0.29, 0.717) is 5.56 Å². The maximum atomic E-state index is 12.8. The lowest BCUT2D eigenvalue weighted by molar-refractivity contribution is -0.141. The molecule has 1 heterocycles. The molecule has 0 saturated carbocycles. The molecule has 0 bridgehead atoms. The number of carbonyl (C=O) groups excluding carboxylic acids is 1. The quantitative estimate of drug-likeness (QED) is 0.796. The number of aromatic nitrogens is 2. The highest BCUT2D eigenvalue weighted by Gasteiger charge is 2.10. The molecule has 0 fully saturated rings. The van der Waals surface area contributed by atoms with Crippen molar-refractivity contribution in [3.63, 3.8) is 0 Å². The van der Waals surface area contributed by atoms with Crippen LogP contribution in [0.5, 0.6) is 0 Å². The Balaban J connectivity index is 2.56. The lowest BCUT2D eigenvalue weighted by atomic mass is 10.2. The van der Waals surface area contributed by atoms with Crippen LogP contribution in [0.1, 0.15) is 6.92 Å². The van der Waals surface area contributed by atoms with Crippen molar-refractivity contribution in [1.82, 2.24) is 9.71 Å². The number of hydrogen-bond donors (Lipinski definition) is 0. The molecular formula is C12H9FN2O3. The summed E-state index contributed by atoms with van der Waals surface area (Å²) in [6.07, 6.45) is 1.29. The van der Waals surface area contributed by atoms with Crippen molar-refractivity contribution in [2.75, 3.05) is 0 Å². The highest BCUT2D eigenvalue weighted by atomic mass is 19.1. The maximum Gasteiger partial charge on any atom is 0.330 e. The van der Waals surface area contributed by atoms with E-state index < -0.39 is 17.3 Å². The van der Waals surface area contributed by atoms with Crippen LogP contribution in [0, 0.1) is 5.82 Å². The Morgan fingerprint density at radius 1 is 1.28 bits per heavy atom. The summed E-state index contributed by atoms with van der Waals surface area (Å²) in [6.45, 7) is 1.17. The third-order valence-corrected chi connectivity index (χ3v) is 2.13. The van der Waals surface area contributed by atoms with Crippen LogP contribution in [0.2, 0.25) is 0 Å². The van der Waals surface area contributed by atoms with Crippen LogP contribution in [-0.4, -0.2) is 15.7 Å². The first kappa shape index (κ1) is 12.0. The molecule has 0 saturated heterocycles. The highest BCUT2D eigenvalue weighted by Crippen LogP contribution is 2.14. The molecule has 2 aromatic rings. The molecule has 1 aromatic heterocycles. The zero-order chi connectivity index (χ0) is 13.1. The molecule has 92 valence electrons. The number of benzene rings is 1. The van der Waals surface area contributed by atoms with E-state index in [1.165, 1.54) is 37.4 Å². The minimum atomic E-state index is -0.645. The van der Waals surface area contributed by atoms with Crippen molar-refractivity contribution in [3.05, 3.63) is 52.7 Å². The average molecular weight is 248 g/mol. The van der Waals surface area contributed by atoms with E-state index in [4.69, 9.17) is 4.84 Å². The summed E-state index contributed by atoms with van der Waals surface area (Å²) in [6, 6.07) is 6.50. The van der Waals surface area contributed by atoms with Gasteiger partial charge in [-0.05, 0) is 24.3 Å². The third-order valence-electron chi connectivity index (χ3n) is 2.13. The van der Waals surface area contributed by atoms with Gasteiger partial charge in [0, 0.05) is 24.8 Å². The maximum absolute atomic E-state index is 12.8. The summed E-state index contributed by atoms with van der Waals surface area (Å²) in [4.78, 5) is 31.2. The smallest absolute Gasteiger partial charge is 0.330 e. The van der Waals surface area contributed by atoms with Crippen molar-refractivity contribution in [2.45, 2.75) is 6.92 Å². The van der Waals surface area contributed by atoms with E-state index >= 15 is 0 Å². The molecular weight excluding hydrogens is 239 g/mol. The summed E-state index contributed by atoms with van der Waals surface area (Å²) in [5.74, 6) is -0.915. The van der Waals surface area contributed by atoms with Crippen LogP contribution in [0.4, 0.5) is 4.39 Å². The third kappa shape index (κ3) is 2.42. The van der Waals surface area contributed by atoms with Gasteiger partial charge in [0.2, 0.25) is 0 Å². The first-order chi connectivity index (χ1) is 8.58. The van der Waals surface area contributed by atoms with Gasteiger partial charge in [-0.3, -0.25) is 4.79 Å².